The van der Waals surface area contributed by atoms with Gasteiger partial charge >= 0.3 is 0 Å². The predicted molar refractivity (Wildman–Crippen MR) is 164 cm³/mol. The summed E-state index contributed by atoms with van der Waals surface area (Å²) in [6.45, 7) is 4.38. The van der Waals surface area contributed by atoms with Crippen molar-refractivity contribution in [2.24, 2.45) is 0 Å². The summed E-state index contributed by atoms with van der Waals surface area (Å²) in [5, 5.41) is 2.21. The number of aromatic nitrogens is 2. The Morgan fingerprint density at radius 3 is 2.20 bits per heavy atom. The van der Waals surface area contributed by atoms with E-state index < -0.39 is 0 Å². The van der Waals surface area contributed by atoms with Gasteiger partial charge in [-0.25, -0.2) is 0 Å². The van der Waals surface area contributed by atoms with Crippen LogP contribution in [0.5, 0.6) is 0 Å². The van der Waals surface area contributed by atoms with Gasteiger partial charge < -0.3 is 14.4 Å². The van der Waals surface area contributed by atoms with Crippen molar-refractivity contribution in [3.63, 3.8) is 0 Å². The molecule has 0 saturated heterocycles. The van der Waals surface area contributed by atoms with Gasteiger partial charge in [-0.15, -0.1) is 54.1 Å². The topological polar surface area (TPSA) is 38.9 Å². The molecule has 203 valence electrons. The van der Waals surface area contributed by atoms with Gasteiger partial charge in [0, 0.05) is 37.9 Å². The minimum Gasteiger partial charge on any atom is -0.501 e. The molecule has 4 heteroatoms. The molecule has 4 aromatic carbocycles. The number of furan rings is 1. The van der Waals surface area contributed by atoms with Gasteiger partial charge in [-0.2, -0.15) is 0 Å². The van der Waals surface area contributed by atoms with Crippen molar-refractivity contribution < 1.29 is 24.5 Å². The van der Waals surface area contributed by atoms with Gasteiger partial charge in [0.2, 0.25) is 0 Å². The second kappa shape index (κ2) is 12.9. The van der Waals surface area contributed by atoms with Gasteiger partial charge in [0.05, 0.1) is 5.58 Å². The minimum absolute atomic E-state index is 0. The van der Waals surface area contributed by atoms with Crippen molar-refractivity contribution in [1.82, 2.24) is 9.97 Å². The van der Waals surface area contributed by atoms with Crippen LogP contribution in [0.2, 0.25) is 0 Å². The Morgan fingerprint density at radius 1 is 0.634 bits per heavy atom. The molecule has 41 heavy (non-hydrogen) atoms. The quantitative estimate of drug-likeness (QED) is 0.171. The minimum atomic E-state index is 0. The zero-order valence-corrected chi connectivity index (χ0v) is 25.2. The first kappa shape index (κ1) is 28.2. The van der Waals surface area contributed by atoms with E-state index >= 15 is 0 Å². The molecule has 0 N–H and O–H groups in total. The van der Waals surface area contributed by atoms with E-state index in [0.717, 1.165) is 50.0 Å². The average Bonchev–Trinajstić information content (AvgIpc) is 3.41. The summed E-state index contributed by atoms with van der Waals surface area (Å²) >= 11 is 0. The third kappa shape index (κ3) is 6.20. The van der Waals surface area contributed by atoms with E-state index in [1.807, 2.05) is 60.8 Å². The summed E-state index contributed by atoms with van der Waals surface area (Å²) in [4.78, 5) is 8.80. The largest absolute Gasteiger partial charge is 0.501 e. The normalized spacial score (nSPS) is 10.7. The third-order valence-corrected chi connectivity index (χ3v) is 6.90. The van der Waals surface area contributed by atoms with E-state index in [2.05, 4.69) is 96.6 Å². The monoisotopic (exact) mass is 709 g/mol. The van der Waals surface area contributed by atoms with Crippen LogP contribution in [0.3, 0.4) is 0 Å². The summed E-state index contributed by atoms with van der Waals surface area (Å²) in [6, 6.07) is 45.2. The van der Waals surface area contributed by atoms with E-state index in [0.29, 0.717) is 5.92 Å². The predicted octanol–water partition coefficient (Wildman–Crippen LogP) is 9.78. The number of pyridine rings is 2. The number of fused-ring (bicyclic) bond motifs is 3. The Hall–Kier alpha value is -4.37. The van der Waals surface area contributed by atoms with Crippen molar-refractivity contribution in [3.8, 4) is 33.6 Å². The summed E-state index contributed by atoms with van der Waals surface area (Å²) in [6.07, 6.45) is 3.66. The number of hydrogen-bond acceptors (Lipinski definition) is 3. The second-order valence-corrected chi connectivity index (χ2v) is 9.89. The Bertz CT molecular complexity index is 1830. The first-order valence-corrected chi connectivity index (χ1v) is 13.4. The molecule has 0 unspecified atom stereocenters. The van der Waals surface area contributed by atoms with Crippen molar-refractivity contribution in [3.05, 3.63) is 145 Å². The SMILES string of the molecule is CC(C)c1ccnc(-c2[c-]ccc3c2oc2cc(-c4ccccc4)ccc23)c1.[Ir].[c-]1ccccc1-c1ccccn1. The zero-order valence-electron chi connectivity index (χ0n) is 22.8. The summed E-state index contributed by atoms with van der Waals surface area (Å²) < 4.78 is 6.33. The van der Waals surface area contributed by atoms with Gasteiger partial charge in [-0.1, -0.05) is 91.0 Å². The van der Waals surface area contributed by atoms with Gasteiger partial charge in [-0.05, 0) is 46.6 Å². The molecular weight excluding hydrogens is 681 g/mol. The maximum absolute atomic E-state index is 6.33. The summed E-state index contributed by atoms with van der Waals surface area (Å²) in [7, 11) is 0. The molecule has 0 amide bonds. The van der Waals surface area contributed by atoms with Crippen LogP contribution in [0, 0.1) is 12.1 Å². The number of hydrogen-bond donors (Lipinski definition) is 0. The van der Waals surface area contributed by atoms with E-state index in [1.165, 1.54) is 11.1 Å². The van der Waals surface area contributed by atoms with Crippen LogP contribution >= 0.6 is 0 Å². The molecule has 3 nitrogen and oxygen atoms in total. The molecule has 7 rings (SSSR count). The number of rotatable bonds is 4. The Morgan fingerprint density at radius 2 is 1.44 bits per heavy atom. The fourth-order valence-electron chi connectivity index (χ4n) is 4.76. The Labute approximate surface area is 254 Å². The molecule has 0 spiro atoms. The molecule has 0 bridgehead atoms. The van der Waals surface area contributed by atoms with Crippen molar-refractivity contribution in [2.75, 3.05) is 0 Å². The molecule has 3 aromatic heterocycles. The van der Waals surface area contributed by atoms with E-state index in [-0.39, 0.29) is 20.1 Å². The van der Waals surface area contributed by atoms with Crippen molar-refractivity contribution in [1.29, 1.82) is 0 Å². The number of benzene rings is 4. The maximum Gasteiger partial charge on any atom is 0.121 e. The average molecular weight is 709 g/mol. The smallest absolute Gasteiger partial charge is 0.121 e. The zero-order chi connectivity index (χ0) is 27.3. The number of nitrogens with zero attached hydrogens (tertiary/aromatic N) is 2. The van der Waals surface area contributed by atoms with Gasteiger partial charge in [0.1, 0.15) is 5.58 Å². The molecule has 0 aliphatic heterocycles. The fourth-order valence-corrected chi connectivity index (χ4v) is 4.76. The molecule has 0 fully saturated rings. The maximum atomic E-state index is 6.33. The molecule has 0 saturated carbocycles. The van der Waals surface area contributed by atoms with Crippen LogP contribution in [0.25, 0.3) is 55.6 Å². The second-order valence-electron chi connectivity index (χ2n) is 9.89. The van der Waals surface area contributed by atoms with Crippen LogP contribution < -0.4 is 0 Å². The molecular formula is C37H28IrN2O-2. The van der Waals surface area contributed by atoms with Crippen LogP contribution in [-0.4, -0.2) is 9.97 Å². The standard InChI is InChI=1S/C26H20NO.C11H8N.Ir/c1-17(2)19-13-14-27-24(15-19)23-10-6-9-22-21-12-11-20(16-25(21)28-26(22)23)18-7-4-3-5-8-18;1-2-6-10(7-3-1)11-8-4-5-9-12-11;/h3-9,11-17H,1-2H3;1-6,8-9H;/q2*-1;. The third-order valence-electron chi connectivity index (χ3n) is 6.90. The first-order chi connectivity index (χ1) is 19.7. The summed E-state index contributed by atoms with van der Waals surface area (Å²) in [5.74, 6) is 0.449. The van der Waals surface area contributed by atoms with E-state index in [1.54, 1.807) is 6.20 Å². The van der Waals surface area contributed by atoms with Crippen molar-refractivity contribution in [2.45, 2.75) is 19.8 Å². The first-order valence-electron chi connectivity index (χ1n) is 13.4. The molecule has 0 aliphatic carbocycles. The van der Waals surface area contributed by atoms with Crippen molar-refractivity contribution >= 4 is 21.9 Å². The van der Waals surface area contributed by atoms with Crippen LogP contribution in [0.4, 0.5) is 0 Å². The van der Waals surface area contributed by atoms with Crippen LogP contribution in [0.15, 0.2) is 132 Å². The molecule has 0 atom stereocenters. The van der Waals surface area contributed by atoms with Gasteiger partial charge in [0.15, 0.2) is 0 Å². The molecule has 7 aromatic rings. The molecule has 1 radical (unpaired) electrons. The fraction of sp³-hybridized carbons (Fsp3) is 0.0811. The van der Waals surface area contributed by atoms with Crippen LogP contribution in [0.1, 0.15) is 25.3 Å². The molecule has 3 heterocycles. The van der Waals surface area contributed by atoms with Gasteiger partial charge in [-0.3, -0.25) is 0 Å². The summed E-state index contributed by atoms with van der Waals surface area (Å²) in [5.41, 5.74) is 9.15. The molecule has 0 aliphatic rings. The van der Waals surface area contributed by atoms with Crippen LogP contribution in [-0.2, 0) is 20.1 Å². The Kier molecular flexibility index (Phi) is 8.84. The van der Waals surface area contributed by atoms with E-state index in [9.17, 15) is 0 Å². The Balaban J connectivity index is 0.000000218. The van der Waals surface area contributed by atoms with Gasteiger partial charge in [0.25, 0.3) is 0 Å². The van der Waals surface area contributed by atoms with E-state index in [4.69, 9.17) is 4.42 Å².